The van der Waals surface area contributed by atoms with E-state index in [0.717, 1.165) is 0 Å². The van der Waals surface area contributed by atoms with Gasteiger partial charge in [0.2, 0.25) is 0 Å². The van der Waals surface area contributed by atoms with Gasteiger partial charge in [0, 0.05) is 18.3 Å². The highest BCUT2D eigenvalue weighted by molar-refractivity contribution is 7.87. The summed E-state index contributed by atoms with van der Waals surface area (Å²) in [4.78, 5) is 11.3. The summed E-state index contributed by atoms with van der Waals surface area (Å²) < 4.78 is 59.4. The zero-order chi connectivity index (χ0) is 14.2. The van der Waals surface area contributed by atoms with Crippen molar-refractivity contribution in [2.45, 2.75) is 50.1 Å². The summed E-state index contributed by atoms with van der Waals surface area (Å²) in [5.74, 6) is -5.51. The topological polar surface area (TPSA) is 69.7 Å². The average molecular weight is 296 g/mol. The maximum atomic E-state index is 12.9. The fraction of sp³-hybridized carbons (Fsp3) is 0.909. The van der Waals surface area contributed by atoms with Crippen LogP contribution in [0.5, 0.6) is 0 Å². The molecule has 19 heavy (non-hydrogen) atoms. The predicted octanol–water partition coefficient (Wildman–Crippen LogP) is 1.08. The molecule has 1 saturated heterocycles. The number of carbonyl (C=O) groups excluding carboxylic acids is 1. The van der Waals surface area contributed by atoms with Gasteiger partial charge in [-0.25, -0.2) is 4.79 Å². The fourth-order valence-electron chi connectivity index (χ4n) is 3.75. The van der Waals surface area contributed by atoms with Gasteiger partial charge in [-0.1, -0.05) is 6.92 Å². The first-order valence-corrected chi connectivity index (χ1v) is 7.54. The van der Waals surface area contributed by atoms with Crippen molar-refractivity contribution in [3.05, 3.63) is 0 Å². The van der Waals surface area contributed by atoms with E-state index in [4.69, 9.17) is 8.92 Å². The van der Waals surface area contributed by atoms with Crippen LogP contribution in [0.3, 0.4) is 0 Å². The Bertz CT molecular complexity index is 540. The van der Waals surface area contributed by atoms with E-state index in [1.165, 1.54) is 0 Å². The van der Waals surface area contributed by atoms with Gasteiger partial charge in [-0.3, -0.25) is 4.18 Å². The van der Waals surface area contributed by atoms with E-state index in [-0.39, 0.29) is 5.92 Å². The Morgan fingerprint density at radius 1 is 1.47 bits per heavy atom. The summed E-state index contributed by atoms with van der Waals surface area (Å²) in [7, 11) is -3.85. The van der Waals surface area contributed by atoms with Crippen LogP contribution in [0.25, 0.3) is 0 Å². The predicted molar refractivity (Wildman–Crippen MR) is 58.9 cm³/mol. The normalized spacial score (nSPS) is 46.5. The van der Waals surface area contributed by atoms with E-state index in [9.17, 15) is 22.0 Å². The lowest BCUT2D eigenvalue weighted by Gasteiger charge is -2.30. The summed E-state index contributed by atoms with van der Waals surface area (Å²) >= 11 is 0. The minimum atomic E-state index is -3.85. The lowest BCUT2D eigenvalue weighted by Crippen LogP contribution is -2.45. The van der Waals surface area contributed by atoms with Crippen molar-refractivity contribution in [1.82, 2.24) is 0 Å². The third-order valence-electron chi connectivity index (χ3n) is 4.53. The second-order valence-corrected chi connectivity index (χ2v) is 7.65. The molecule has 2 bridgehead atoms. The van der Waals surface area contributed by atoms with E-state index < -0.39 is 44.9 Å². The van der Waals surface area contributed by atoms with Crippen LogP contribution in [-0.2, 0) is 23.8 Å². The van der Waals surface area contributed by atoms with Crippen molar-refractivity contribution in [1.29, 1.82) is 0 Å². The lowest BCUT2D eigenvalue weighted by molar-refractivity contribution is -0.177. The van der Waals surface area contributed by atoms with Crippen LogP contribution in [0.4, 0.5) is 8.78 Å². The van der Waals surface area contributed by atoms with Crippen molar-refractivity contribution >= 4 is 16.1 Å². The number of rotatable bonds is 2. The lowest BCUT2D eigenvalue weighted by atomic mass is 9.82. The molecule has 108 valence electrons. The monoisotopic (exact) mass is 296 g/mol. The van der Waals surface area contributed by atoms with Gasteiger partial charge in [0.25, 0.3) is 10.1 Å². The van der Waals surface area contributed by atoms with Crippen LogP contribution in [0, 0.1) is 11.3 Å². The minimum Gasteiger partial charge on any atom is -0.456 e. The molecular formula is C11H14F2O5S. The second-order valence-electron chi connectivity index (χ2n) is 5.96. The first-order chi connectivity index (χ1) is 8.56. The minimum absolute atomic E-state index is 0.219. The molecule has 1 heterocycles. The fourth-order valence-corrected chi connectivity index (χ4v) is 6.00. The van der Waals surface area contributed by atoms with Crippen LogP contribution in [-0.4, -0.2) is 37.8 Å². The van der Waals surface area contributed by atoms with E-state index in [1.54, 1.807) is 6.92 Å². The molecule has 0 aromatic carbocycles. The van der Waals surface area contributed by atoms with E-state index in [2.05, 4.69) is 0 Å². The van der Waals surface area contributed by atoms with Crippen molar-refractivity contribution in [3.63, 3.8) is 0 Å². The van der Waals surface area contributed by atoms with Crippen molar-refractivity contribution < 1.29 is 30.9 Å². The molecule has 5 atom stereocenters. The molecule has 0 radical (unpaired) electrons. The molecule has 3 rings (SSSR count). The van der Waals surface area contributed by atoms with Crippen LogP contribution in [0.15, 0.2) is 0 Å². The van der Waals surface area contributed by atoms with Crippen molar-refractivity contribution in [2.75, 3.05) is 0 Å². The molecule has 0 aromatic rings. The summed E-state index contributed by atoms with van der Waals surface area (Å²) in [6.07, 6.45) is -0.481. The molecule has 2 aliphatic carbocycles. The molecule has 5 unspecified atom stereocenters. The van der Waals surface area contributed by atoms with Crippen molar-refractivity contribution in [3.8, 4) is 0 Å². The standard InChI is InChI=1S/C11H14F2O5S/c1-10-4-5-3-6(10)18-19(15,16)8(10)7(5)17-9(14)11(2,12)13/h5-8H,3-4H2,1-2H3. The average Bonchev–Trinajstić information content (AvgIpc) is 2.68. The van der Waals surface area contributed by atoms with E-state index >= 15 is 0 Å². The quantitative estimate of drug-likeness (QED) is 0.563. The van der Waals surface area contributed by atoms with Gasteiger partial charge in [0.1, 0.15) is 11.4 Å². The number of alkyl halides is 2. The first-order valence-electron chi connectivity index (χ1n) is 6.07. The maximum Gasteiger partial charge on any atom is 0.376 e. The van der Waals surface area contributed by atoms with Gasteiger partial charge in [-0.05, 0) is 12.8 Å². The Labute approximate surface area is 109 Å². The van der Waals surface area contributed by atoms with Crippen LogP contribution in [0.2, 0.25) is 0 Å². The zero-order valence-corrected chi connectivity index (χ0v) is 11.2. The molecule has 3 fully saturated rings. The van der Waals surface area contributed by atoms with Crippen LogP contribution in [0.1, 0.15) is 26.7 Å². The summed E-state index contributed by atoms with van der Waals surface area (Å²) in [6, 6.07) is 0. The number of hydrogen-bond donors (Lipinski definition) is 0. The van der Waals surface area contributed by atoms with Gasteiger partial charge >= 0.3 is 11.9 Å². The smallest absolute Gasteiger partial charge is 0.376 e. The third-order valence-corrected chi connectivity index (χ3v) is 6.46. The van der Waals surface area contributed by atoms with Gasteiger partial charge in [0.15, 0.2) is 0 Å². The van der Waals surface area contributed by atoms with Gasteiger partial charge < -0.3 is 4.74 Å². The maximum absolute atomic E-state index is 12.9. The molecule has 5 nitrogen and oxygen atoms in total. The Balaban J connectivity index is 1.91. The Morgan fingerprint density at radius 3 is 2.68 bits per heavy atom. The molecule has 1 aliphatic heterocycles. The summed E-state index contributed by atoms with van der Waals surface area (Å²) in [6.45, 7) is 2.19. The summed E-state index contributed by atoms with van der Waals surface area (Å²) in [5.41, 5.74) is -0.628. The van der Waals surface area contributed by atoms with Gasteiger partial charge in [-0.15, -0.1) is 0 Å². The Morgan fingerprint density at radius 2 is 2.11 bits per heavy atom. The van der Waals surface area contributed by atoms with E-state index in [1.807, 2.05) is 0 Å². The third kappa shape index (κ3) is 1.65. The molecule has 0 amide bonds. The molecule has 0 N–H and O–H groups in total. The first kappa shape index (κ1) is 13.2. The second kappa shape index (κ2) is 3.46. The highest BCUT2D eigenvalue weighted by Gasteiger charge is 2.72. The Hall–Kier alpha value is -0.760. The number of hydrogen-bond acceptors (Lipinski definition) is 5. The molecule has 8 heteroatoms. The van der Waals surface area contributed by atoms with Gasteiger partial charge in [0.05, 0.1) is 6.10 Å². The van der Waals surface area contributed by atoms with Crippen LogP contribution >= 0.6 is 0 Å². The number of esters is 1. The molecule has 2 saturated carbocycles. The number of halogens is 2. The molecular weight excluding hydrogens is 282 g/mol. The number of fused-ring (bicyclic) bond motifs is 1. The van der Waals surface area contributed by atoms with E-state index in [0.29, 0.717) is 19.8 Å². The highest BCUT2D eigenvalue weighted by Crippen LogP contribution is 2.63. The number of carbonyl (C=O) groups is 1. The summed E-state index contributed by atoms with van der Waals surface area (Å²) in [5, 5.41) is -1.02. The molecule has 0 spiro atoms. The highest BCUT2D eigenvalue weighted by atomic mass is 32.2. The van der Waals surface area contributed by atoms with Gasteiger partial charge in [-0.2, -0.15) is 17.2 Å². The SMILES string of the molecule is CC(F)(F)C(=O)OC1C2CC3OS(=O)(=O)C1C3(C)C2. The van der Waals surface area contributed by atoms with Crippen molar-refractivity contribution in [2.24, 2.45) is 11.3 Å². The molecule has 0 aromatic heterocycles. The molecule has 3 aliphatic rings. The largest absolute Gasteiger partial charge is 0.456 e. The Kier molecular flexibility index (Phi) is 2.41. The number of ether oxygens (including phenoxy) is 1. The zero-order valence-electron chi connectivity index (χ0n) is 10.4. The van der Waals surface area contributed by atoms with Crippen LogP contribution < -0.4 is 0 Å².